The van der Waals surface area contributed by atoms with Crippen LogP contribution in [-0.4, -0.2) is 17.9 Å². The second kappa shape index (κ2) is 5.35. The average Bonchev–Trinajstić information content (AvgIpc) is 2.74. The van der Waals surface area contributed by atoms with Crippen LogP contribution in [0.3, 0.4) is 0 Å². The summed E-state index contributed by atoms with van der Waals surface area (Å²) >= 11 is 5.83. The Bertz CT molecular complexity index is 493. The molecule has 0 unspecified atom stereocenters. The molecule has 2 amide bonds. The van der Waals surface area contributed by atoms with Crippen molar-refractivity contribution in [1.29, 1.82) is 0 Å². The molecule has 1 saturated heterocycles. The summed E-state index contributed by atoms with van der Waals surface area (Å²) in [4.78, 5) is 22.7. The molecule has 18 heavy (non-hydrogen) atoms. The van der Waals surface area contributed by atoms with Crippen molar-refractivity contribution < 1.29 is 14.0 Å². The van der Waals surface area contributed by atoms with Crippen LogP contribution in [0.1, 0.15) is 18.4 Å². The third-order valence-corrected chi connectivity index (χ3v) is 3.13. The number of hydrogen-bond donors (Lipinski definition) is 2. The van der Waals surface area contributed by atoms with Gasteiger partial charge in [0.2, 0.25) is 11.8 Å². The minimum atomic E-state index is -0.475. The summed E-state index contributed by atoms with van der Waals surface area (Å²) in [5.74, 6) is -0.783. The van der Waals surface area contributed by atoms with Crippen molar-refractivity contribution in [2.24, 2.45) is 0 Å². The summed E-state index contributed by atoms with van der Waals surface area (Å²) in [6.07, 6.45) is 0.872. The fourth-order valence-corrected chi connectivity index (χ4v) is 2.02. The molecule has 2 N–H and O–H groups in total. The van der Waals surface area contributed by atoms with Crippen LogP contribution >= 0.6 is 11.6 Å². The molecule has 2 rings (SSSR count). The van der Waals surface area contributed by atoms with E-state index in [0.29, 0.717) is 18.4 Å². The maximum Gasteiger partial charge on any atom is 0.242 e. The number of nitrogens with one attached hydrogen (secondary N) is 2. The summed E-state index contributed by atoms with van der Waals surface area (Å²) < 4.78 is 12.8. The van der Waals surface area contributed by atoms with Crippen molar-refractivity contribution in [1.82, 2.24) is 10.6 Å². The molecule has 0 bridgehead atoms. The van der Waals surface area contributed by atoms with Crippen LogP contribution in [-0.2, 0) is 16.1 Å². The van der Waals surface area contributed by atoms with Gasteiger partial charge in [0.1, 0.15) is 11.9 Å². The zero-order valence-electron chi connectivity index (χ0n) is 9.50. The van der Waals surface area contributed by atoms with Crippen LogP contribution in [0, 0.1) is 5.82 Å². The summed E-state index contributed by atoms with van der Waals surface area (Å²) in [5, 5.41) is 5.50. The molecule has 1 atom stereocenters. The quantitative estimate of drug-likeness (QED) is 0.872. The molecule has 4 nitrogen and oxygen atoms in total. The summed E-state index contributed by atoms with van der Waals surface area (Å²) in [5.41, 5.74) is 0.635. The fraction of sp³-hybridized carbons (Fsp3) is 0.333. The predicted octanol–water partition coefficient (Wildman–Crippen LogP) is 1.37. The van der Waals surface area contributed by atoms with E-state index >= 15 is 0 Å². The highest BCUT2D eigenvalue weighted by atomic mass is 35.5. The molecule has 1 aliphatic rings. The van der Waals surface area contributed by atoms with Gasteiger partial charge in [-0.3, -0.25) is 9.59 Å². The van der Waals surface area contributed by atoms with Crippen LogP contribution in [0.4, 0.5) is 4.39 Å². The highest BCUT2D eigenvalue weighted by molar-refractivity contribution is 6.31. The number of carbonyl (C=O) groups excluding carboxylic acids is 2. The first-order valence-corrected chi connectivity index (χ1v) is 5.95. The molecule has 1 aliphatic heterocycles. The third kappa shape index (κ3) is 2.98. The molecule has 6 heteroatoms. The van der Waals surface area contributed by atoms with Crippen LogP contribution in [0.25, 0.3) is 0 Å². The first-order chi connectivity index (χ1) is 8.56. The van der Waals surface area contributed by atoms with Crippen molar-refractivity contribution in [3.63, 3.8) is 0 Å². The monoisotopic (exact) mass is 270 g/mol. The first kappa shape index (κ1) is 12.8. The van der Waals surface area contributed by atoms with Crippen molar-refractivity contribution in [3.05, 3.63) is 34.6 Å². The Labute approximate surface area is 109 Å². The van der Waals surface area contributed by atoms with Gasteiger partial charge in [-0.25, -0.2) is 4.39 Å². The van der Waals surface area contributed by atoms with E-state index in [4.69, 9.17) is 11.6 Å². The lowest BCUT2D eigenvalue weighted by molar-refractivity contribution is -0.125. The number of carbonyl (C=O) groups is 2. The Hall–Kier alpha value is -1.62. The number of hydrogen-bond acceptors (Lipinski definition) is 2. The van der Waals surface area contributed by atoms with Gasteiger partial charge < -0.3 is 10.6 Å². The SMILES string of the molecule is O=C1CC[C@@H](C(=O)NCc2ccc(F)cc2Cl)N1. The molecule has 0 radical (unpaired) electrons. The number of amides is 2. The molecule has 1 aromatic rings. The molecule has 0 saturated carbocycles. The maximum atomic E-state index is 12.8. The summed E-state index contributed by atoms with van der Waals surface area (Å²) in [6.45, 7) is 0.213. The van der Waals surface area contributed by atoms with Crippen molar-refractivity contribution >= 4 is 23.4 Å². The van der Waals surface area contributed by atoms with Crippen LogP contribution in [0.15, 0.2) is 18.2 Å². The van der Waals surface area contributed by atoms with Gasteiger partial charge in [-0.1, -0.05) is 17.7 Å². The normalized spacial score (nSPS) is 18.6. The minimum Gasteiger partial charge on any atom is -0.350 e. The molecule has 0 spiro atoms. The van der Waals surface area contributed by atoms with Gasteiger partial charge >= 0.3 is 0 Å². The van der Waals surface area contributed by atoms with E-state index in [2.05, 4.69) is 10.6 Å². The van der Waals surface area contributed by atoms with E-state index in [1.807, 2.05) is 0 Å². The summed E-state index contributed by atoms with van der Waals surface area (Å²) in [7, 11) is 0. The number of benzene rings is 1. The highest BCUT2D eigenvalue weighted by Gasteiger charge is 2.26. The van der Waals surface area contributed by atoms with Crippen molar-refractivity contribution in [3.8, 4) is 0 Å². The summed E-state index contributed by atoms with van der Waals surface area (Å²) in [6, 6.07) is 3.52. The zero-order chi connectivity index (χ0) is 13.1. The molecular formula is C12H12ClFN2O2. The molecule has 1 heterocycles. The van der Waals surface area contributed by atoms with Crippen LogP contribution in [0.2, 0.25) is 5.02 Å². The average molecular weight is 271 g/mol. The van der Waals surface area contributed by atoms with E-state index in [0.717, 1.165) is 0 Å². The smallest absolute Gasteiger partial charge is 0.242 e. The third-order valence-electron chi connectivity index (χ3n) is 2.78. The molecular weight excluding hydrogens is 259 g/mol. The lowest BCUT2D eigenvalue weighted by Gasteiger charge is -2.11. The predicted molar refractivity (Wildman–Crippen MR) is 64.4 cm³/mol. The van der Waals surface area contributed by atoms with Gasteiger partial charge in [0, 0.05) is 18.0 Å². The lowest BCUT2D eigenvalue weighted by Crippen LogP contribution is -2.41. The Kier molecular flexibility index (Phi) is 3.81. The number of rotatable bonds is 3. The van der Waals surface area contributed by atoms with E-state index < -0.39 is 11.9 Å². The van der Waals surface area contributed by atoms with Crippen LogP contribution < -0.4 is 10.6 Å². The maximum absolute atomic E-state index is 12.8. The van der Waals surface area contributed by atoms with E-state index in [1.54, 1.807) is 0 Å². The van der Waals surface area contributed by atoms with Gasteiger partial charge in [0.15, 0.2) is 0 Å². The second-order valence-corrected chi connectivity index (χ2v) is 4.52. The Morgan fingerprint density at radius 3 is 2.94 bits per heavy atom. The molecule has 0 aliphatic carbocycles. The van der Waals surface area contributed by atoms with Gasteiger partial charge in [0.05, 0.1) is 0 Å². The molecule has 96 valence electrons. The largest absolute Gasteiger partial charge is 0.350 e. The first-order valence-electron chi connectivity index (χ1n) is 5.57. The standard InChI is InChI=1S/C12H12ClFN2O2/c13-9-5-8(14)2-1-7(9)6-15-12(18)10-3-4-11(17)16-10/h1-2,5,10H,3-4,6H2,(H,15,18)(H,16,17)/t10-/m0/s1. The van der Waals surface area contributed by atoms with Gasteiger partial charge in [-0.05, 0) is 24.1 Å². The minimum absolute atomic E-state index is 0.116. The van der Waals surface area contributed by atoms with E-state index in [1.165, 1.54) is 18.2 Å². The number of halogens is 2. The molecule has 1 fully saturated rings. The topological polar surface area (TPSA) is 58.2 Å². The van der Waals surface area contributed by atoms with E-state index in [9.17, 15) is 14.0 Å². The van der Waals surface area contributed by atoms with Gasteiger partial charge in [-0.15, -0.1) is 0 Å². The molecule has 0 aromatic heterocycles. The zero-order valence-corrected chi connectivity index (χ0v) is 10.3. The lowest BCUT2D eigenvalue weighted by atomic mass is 10.2. The van der Waals surface area contributed by atoms with Gasteiger partial charge in [0.25, 0.3) is 0 Å². The van der Waals surface area contributed by atoms with E-state index in [-0.39, 0.29) is 23.4 Å². The second-order valence-electron chi connectivity index (χ2n) is 4.11. The Balaban J connectivity index is 1.91. The Morgan fingerprint density at radius 1 is 1.56 bits per heavy atom. The van der Waals surface area contributed by atoms with Gasteiger partial charge in [-0.2, -0.15) is 0 Å². The molecule has 1 aromatic carbocycles. The fourth-order valence-electron chi connectivity index (χ4n) is 1.78. The Morgan fingerprint density at radius 2 is 2.33 bits per heavy atom. The van der Waals surface area contributed by atoms with Crippen molar-refractivity contribution in [2.45, 2.75) is 25.4 Å². The van der Waals surface area contributed by atoms with Crippen LogP contribution in [0.5, 0.6) is 0 Å². The highest BCUT2D eigenvalue weighted by Crippen LogP contribution is 2.17. The van der Waals surface area contributed by atoms with Crippen molar-refractivity contribution in [2.75, 3.05) is 0 Å².